The van der Waals surface area contributed by atoms with Crippen LogP contribution < -0.4 is 0 Å². The molecule has 0 unspecified atom stereocenters. The maximum absolute atomic E-state index is 10.9. The molecule has 1 rings (SSSR count). The molecule has 1 nitrogen and oxygen atoms in total. The standard InChI is InChI=1S/C11H16O/c1-4-11(8-12)6-5-9(2)7-10(11)3/h4,7-8,10H,1,5-6H2,2-3H3/t10-,11+/m1/s1. The highest BCUT2D eigenvalue weighted by atomic mass is 16.1. The minimum Gasteiger partial charge on any atom is -0.302 e. The number of allylic oxidation sites excluding steroid dienone is 3. The Labute approximate surface area is 74.2 Å². The molecule has 1 heteroatoms. The Bertz CT molecular complexity index is 217. The first-order valence-electron chi connectivity index (χ1n) is 4.42. The summed E-state index contributed by atoms with van der Waals surface area (Å²) in [6.45, 7) is 7.94. The maximum Gasteiger partial charge on any atom is 0.130 e. The van der Waals surface area contributed by atoms with E-state index in [0.29, 0.717) is 5.92 Å². The van der Waals surface area contributed by atoms with Crippen LogP contribution in [0, 0.1) is 11.3 Å². The molecule has 0 saturated carbocycles. The average Bonchev–Trinajstić information content (AvgIpc) is 2.06. The van der Waals surface area contributed by atoms with E-state index in [1.54, 1.807) is 6.08 Å². The lowest BCUT2D eigenvalue weighted by atomic mass is 9.69. The summed E-state index contributed by atoms with van der Waals surface area (Å²) in [4.78, 5) is 10.9. The molecule has 0 aromatic heterocycles. The predicted molar refractivity (Wildman–Crippen MR) is 50.8 cm³/mol. The molecule has 0 aliphatic heterocycles. The SMILES string of the molecule is C=C[C@@]1(C=O)CCC(C)=C[C@H]1C. The molecular formula is C11H16O. The summed E-state index contributed by atoms with van der Waals surface area (Å²) in [5.74, 6) is 0.307. The zero-order valence-corrected chi connectivity index (χ0v) is 7.84. The lowest BCUT2D eigenvalue weighted by Gasteiger charge is -2.33. The van der Waals surface area contributed by atoms with E-state index in [2.05, 4.69) is 26.5 Å². The van der Waals surface area contributed by atoms with Crippen molar-refractivity contribution in [3.63, 3.8) is 0 Å². The quantitative estimate of drug-likeness (QED) is 0.453. The molecule has 1 aliphatic rings. The van der Waals surface area contributed by atoms with E-state index < -0.39 is 0 Å². The molecule has 0 N–H and O–H groups in total. The van der Waals surface area contributed by atoms with Crippen molar-refractivity contribution in [3.05, 3.63) is 24.3 Å². The fraction of sp³-hybridized carbons (Fsp3) is 0.545. The van der Waals surface area contributed by atoms with Crippen LogP contribution in [0.2, 0.25) is 0 Å². The Morgan fingerprint density at radius 3 is 2.83 bits per heavy atom. The number of hydrogen-bond acceptors (Lipinski definition) is 1. The molecule has 0 aromatic carbocycles. The summed E-state index contributed by atoms with van der Waals surface area (Å²) < 4.78 is 0. The minimum atomic E-state index is -0.292. The lowest BCUT2D eigenvalue weighted by Crippen LogP contribution is -2.29. The lowest BCUT2D eigenvalue weighted by molar-refractivity contribution is -0.115. The van der Waals surface area contributed by atoms with Crippen LogP contribution in [0.25, 0.3) is 0 Å². The molecule has 0 aromatic rings. The zero-order valence-electron chi connectivity index (χ0n) is 7.84. The summed E-state index contributed by atoms with van der Waals surface area (Å²) in [5.41, 5.74) is 1.10. The third-order valence-electron chi connectivity index (χ3n) is 2.93. The summed E-state index contributed by atoms with van der Waals surface area (Å²) in [5, 5.41) is 0. The summed E-state index contributed by atoms with van der Waals surface area (Å²) >= 11 is 0. The molecule has 1 aliphatic carbocycles. The van der Waals surface area contributed by atoms with E-state index in [-0.39, 0.29) is 5.41 Å². The number of carbonyl (C=O) groups is 1. The third kappa shape index (κ3) is 1.36. The van der Waals surface area contributed by atoms with Crippen LogP contribution >= 0.6 is 0 Å². The second kappa shape index (κ2) is 3.26. The highest BCUT2D eigenvalue weighted by Gasteiger charge is 2.33. The van der Waals surface area contributed by atoms with Crippen LogP contribution in [-0.2, 0) is 4.79 Å². The van der Waals surface area contributed by atoms with Gasteiger partial charge in [0.1, 0.15) is 6.29 Å². The largest absolute Gasteiger partial charge is 0.302 e. The van der Waals surface area contributed by atoms with Gasteiger partial charge in [-0.25, -0.2) is 0 Å². The molecule has 0 saturated heterocycles. The van der Waals surface area contributed by atoms with Gasteiger partial charge < -0.3 is 4.79 Å². The van der Waals surface area contributed by atoms with Crippen molar-refractivity contribution in [1.29, 1.82) is 0 Å². The fourth-order valence-electron chi connectivity index (χ4n) is 1.81. The van der Waals surface area contributed by atoms with E-state index in [4.69, 9.17) is 0 Å². The van der Waals surface area contributed by atoms with Crippen LogP contribution in [-0.4, -0.2) is 6.29 Å². The first kappa shape index (κ1) is 9.24. The molecule has 2 atom stereocenters. The Morgan fingerprint density at radius 2 is 2.42 bits per heavy atom. The van der Waals surface area contributed by atoms with E-state index >= 15 is 0 Å². The Hall–Kier alpha value is -0.850. The van der Waals surface area contributed by atoms with Crippen molar-refractivity contribution in [2.45, 2.75) is 26.7 Å². The number of carbonyl (C=O) groups excluding carboxylic acids is 1. The van der Waals surface area contributed by atoms with Crippen LogP contribution in [0.3, 0.4) is 0 Å². The van der Waals surface area contributed by atoms with Gasteiger partial charge >= 0.3 is 0 Å². The molecule has 0 spiro atoms. The fourth-order valence-corrected chi connectivity index (χ4v) is 1.81. The van der Waals surface area contributed by atoms with Gasteiger partial charge in [0.25, 0.3) is 0 Å². The van der Waals surface area contributed by atoms with Gasteiger partial charge in [-0.2, -0.15) is 0 Å². The Morgan fingerprint density at radius 1 is 1.75 bits per heavy atom. The molecule has 0 fully saturated rings. The molecule has 0 amide bonds. The van der Waals surface area contributed by atoms with Gasteiger partial charge in [0.15, 0.2) is 0 Å². The third-order valence-corrected chi connectivity index (χ3v) is 2.93. The van der Waals surface area contributed by atoms with Gasteiger partial charge in [0.05, 0.1) is 0 Å². The Balaban J connectivity index is 2.94. The molecule has 0 heterocycles. The van der Waals surface area contributed by atoms with Crippen molar-refractivity contribution < 1.29 is 4.79 Å². The summed E-state index contributed by atoms with van der Waals surface area (Å²) in [7, 11) is 0. The monoisotopic (exact) mass is 164 g/mol. The number of rotatable bonds is 2. The van der Waals surface area contributed by atoms with Crippen molar-refractivity contribution in [2.24, 2.45) is 11.3 Å². The zero-order chi connectivity index (χ0) is 9.19. The molecule has 66 valence electrons. The van der Waals surface area contributed by atoms with Gasteiger partial charge in [-0.1, -0.05) is 24.6 Å². The predicted octanol–water partition coefficient (Wildman–Crippen LogP) is 2.73. The number of aldehydes is 1. The van der Waals surface area contributed by atoms with Crippen molar-refractivity contribution in [2.75, 3.05) is 0 Å². The second-order valence-electron chi connectivity index (χ2n) is 3.74. The van der Waals surface area contributed by atoms with Crippen LogP contribution in [0.1, 0.15) is 26.7 Å². The van der Waals surface area contributed by atoms with Gasteiger partial charge in [0, 0.05) is 5.41 Å². The topological polar surface area (TPSA) is 17.1 Å². The van der Waals surface area contributed by atoms with Crippen molar-refractivity contribution >= 4 is 6.29 Å². The number of hydrogen-bond donors (Lipinski definition) is 0. The molecular weight excluding hydrogens is 148 g/mol. The summed E-state index contributed by atoms with van der Waals surface area (Å²) in [6.07, 6.45) is 6.97. The molecule has 0 bridgehead atoms. The van der Waals surface area contributed by atoms with Crippen molar-refractivity contribution in [1.82, 2.24) is 0 Å². The van der Waals surface area contributed by atoms with E-state index in [1.165, 1.54) is 5.57 Å². The average molecular weight is 164 g/mol. The van der Waals surface area contributed by atoms with E-state index in [0.717, 1.165) is 19.1 Å². The van der Waals surface area contributed by atoms with Gasteiger partial charge in [-0.3, -0.25) is 0 Å². The van der Waals surface area contributed by atoms with Gasteiger partial charge in [-0.05, 0) is 25.7 Å². The Kier molecular flexibility index (Phi) is 2.51. The minimum absolute atomic E-state index is 0.292. The van der Waals surface area contributed by atoms with E-state index in [9.17, 15) is 4.79 Å². The van der Waals surface area contributed by atoms with Gasteiger partial charge in [0.2, 0.25) is 0 Å². The molecule has 0 radical (unpaired) electrons. The van der Waals surface area contributed by atoms with Crippen molar-refractivity contribution in [3.8, 4) is 0 Å². The molecule has 12 heavy (non-hydrogen) atoms. The van der Waals surface area contributed by atoms with Crippen LogP contribution in [0.5, 0.6) is 0 Å². The summed E-state index contributed by atoms with van der Waals surface area (Å²) in [6, 6.07) is 0. The highest BCUT2D eigenvalue weighted by molar-refractivity contribution is 5.64. The first-order valence-corrected chi connectivity index (χ1v) is 4.42. The van der Waals surface area contributed by atoms with E-state index in [1.807, 2.05) is 0 Å². The maximum atomic E-state index is 10.9. The smallest absolute Gasteiger partial charge is 0.130 e. The second-order valence-corrected chi connectivity index (χ2v) is 3.74. The van der Waals surface area contributed by atoms with Gasteiger partial charge in [-0.15, -0.1) is 6.58 Å². The highest BCUT2D eigenvalue weighted by Crippen LogP contribution is 2.38. The normalized spacial score (nSPS) is 35.5. The van der Waals surface area contributed by atoms with Crippen LogP contribution in [0.15, 0.2) is 24.3 Å². The van der Waals surface area contributed by atoms with Crippen LogP contribution in [0.4, 0.5) is 0 Å². The first-order chi connectivity index (χ1) is 5.64.